The number of carbonyl (C=O) groups excluding carboxylic acids is 3. The van der Waals surface area contributed by atoms with E-state index in [1.165, 1.54) is 30.0 Å². The number of benzene rings is 2. The van der Waals surface area contributed by atoms with E-state index in [0.717, 1.165) is 5.56 Å². The van der Waals surface area contributed by atoms with Crippen molar-refractivity contribution in [1.29, 1.82) is 0 Å². The van der Waals surface area contributed by atoms with Crippen molar-refractivity contribution in [3.05, 3.63) is 71.0 Å². The number of hydrogen-bond acceptors (Lipinski definition) is 7. The summed E-state index contributed by atoms with van der Waals surface area (Å²) in [6.45, 7) is 3.76. The predicted molar refractivity (Wildman–Crippen MR) is 118 cm³/mol. The van der Waals surface area contributed by atoms with Gasteiger partial charge >= 0.3 is 0 Å². The third-order valence-electron chi connectivity index (χ3n) is 4.63. The number of rotatable bonds is 8. The first-order chi connectivity index (χ1) is 15.2. The minimum absolute atomic E-state index is 0.0185. The highest BCUT2D eigenvalue weighted by atomic mass is 32.2. The van der Waals surface area contributed by atoms with Gasteiger partial charge in [-0.15, -0.1) is 10.2 Å². The van der Waals surface area contributed by atoms with Crippen molar-refractivity contribution >= 4 is 35.2 Å². The normalized spacial score (nSPS) is 11.6. The highest BCUT2D eigenvalue weighted by Crippen LogP contribution is 2.20. The molecule has 9 nitrogen and oxygen atoms in total. The summed E-state index contributed by atoms with van der Waals surface area (Å²) in [7, 11) is 1.76. The van der Waals surface area contributed by atoms with Gasteiger partial charge in [0, 0.05) is 18.3 Å². The summed E-state index contributed by atoms with van der Waals surface area (Å²) in [4.78, 5) is 35.6. The lowest BCUT2D eigenvalue weighted by Gasteiger charge is -2.14. The Labute approximate surface area is 189 Å². The van der Waals surface area contributed by atoms with E-state index < -0.39 is 12.0 Å². The van der Waals surface area contributed by atoms with Crippen molar-refractivity contribution in [3.63, 3.8) is 0 Å². The Kier molecular flexibility index (Phi) is 7.26. The Morgan fingerprint density at radius 2 is 1.81 bits per heavy atom. The Morgan fingerprint density at radius 3 is 2.50 bits per heavy atom. The van der Waals surface area contributed by atoms with Crippen molar-refractivity contribution in [3.8, 4) is 0 Å². The van der Waals surface area contributed by atoms with Crippen LogP contribution in [0.2, 0.25) is 0 Å². The Hall–Kier alpha value is -3.66. The molecule has 0 saturated carbocycles. The Balaban J connectivity index is 1.57. The molecule has 3 aromatic rings. The van der Waals surface area contributed by atoms with Gasteiger partial charge in [-0.25, -0.2) is 0 Å². The number of thioether (sulfide) groups is 1. The lowest BCUT2D eigenvalue weighted by Crippen LogP contribution is -2.28. The molecular formula is C22H22N5O4S-. The molecule has 0 fully saturated rings. The molecule has 0 aliphatic carbocycles. The average Bonchev–Trinajstić information content (AvgIpc) is 3.13. The number of nitrogens with one attached hydrogen (secondary N) is 2. The van der Waals surface area contributed by atoms with Crippen LogP contribution >= 0.6 is 11.8 Å². The van der Waals surface area contributed by atoms with Gasteiger partial charge in [-0.2, -0.15) is 0 Å². The zero-order chi connectivity index (χ0) is 23.3. The third-order valence-corrected chi connectivity index (χ3v) is 5.65. The number of hydrogen-bond donors (Lipinski definition) is 2. The van der Waals surface area contributed by atoms with Crippen LogP contribution in [0.4, 0.5) is 5.69 Å². The first-order valence-electron chi connectivity index (χ1n) is 9.75. The molecule has 0 aliphatic heterocycles. The number of aryl methyl sites for hydroxylation is 1. The number of carboxylic acids is 1. The molecule has 0 saturated heterocycles. The molecule has 2 aromatic carbocycles. The number of aromatic carboxylic acids is 1. The fraction of sp³-hybridized carbons (Fsp3) is 0.227. The fourth-order valence-electron chi connectivity index (χ4n) is 2.93. The first-order valence-corrected chi connectivity index (χ1v) is 10.7. The number of anilines is 1. The highest BCUT2D eigenvalue weighted by molar-refractivity contribution is 7.99. The molecule has 0 bridgehead atoms. The van der Waals surface area contributed by atoms with Crippen LogP contribution in [0.1, 0.15) is 45.1 Å². The smallest absolute Gasteiger partial charge is 0.251 e. The van der Waals surface area contributed by atoms with Gasteiger partial charge in [-0.1, -0.05) is 41.6 Å². The summed E-state index contributed by atoms with van der Waals surface area (Å²) in [6, 6.07) is 12.7. The molecule has 2 amide bonds. The minimum atomic E-state index is -1.31. The molecule has 32 heavy (non-hydrogen) atoms. The molecule has 1 heterocycles. The number of nitrogens with zero attached hydrogens (tertiary/aromatic N) is 3. The van der Waals surface area contributed by atoms with E-state index in [0.29, 0.717) is 22.2 Å². The van der Waals surface area contributed by atoms with Crippen LogP contribution in [0.15, 0.2) is 53.7 Å². The fourth-order valence-corrected chi connectivity index (χ4v) is 3.65. The summed E-state index contributed by atoms with van der Waals surface area (Å²) in [5, 5.41) is 25.2. The van der Waals surface area contributed by atoms with Gasteiger partial charge in [0.2, 0.25) is 5.91 Å². The standard InChI is InChI=1S/C22H23N5O4S/c1-13-7-9-15(10-8-13)20(29)23-14(2)19-25-26-22(27(19)3)32-12-18(28)24-17-6-4-5-16(11-17)21(30)31/h4-11,14H,12H2,1-3H3,(H,23,29)(H,24,28)(H,30,31)/p-1/t14-/m0/s1. The molecule has 0 aliphatic rings. The summed E-state index contributed by atoms with van der Waals surface area (Å²) in [5.74, 6) is -1.25. The second kappa shape index (κ2) is 10.1. The van der Waals surface area contributed by atoms with Gasteiger partial charge in [0.15, 0.2) is 11.0 Å². The van der Waals surface area contributed by atoms with E-state index >= 15 is 0 Å². The van der Waals surface area contributed by atoms with Crippen molar-refractivity contribution in [1.82, 2.24) is 20.1 Å². The number of carboxylic acid groups (broad SMARTS) is 1. The molecule has 0 radical (unpaired) electrons. The van der Waals surface area contributed by atoms with Crippen molar-refractivity contribution in [2.45, 2.75) is 25.0 Å². The van der Waals surface area contributed by atoms with Crippen molar-refractivity contribution < 1.29 is 19.5 Å². The van der Waals surface area contributed by atoms with Gasteiger partial charge in [0.25, 0.3) is 5.91 Å². The Bertz CT molecular complexity index is 1140. The van der Waals surface area contributed by atoms with Crippen LogP contribution < -0.4 is 15.7 Å². The van der Waals surface area contributed by atoms with E-state index in [-0.39, 0.29) is 23.1 Å². The van der Waals surface area contributed by atoms with E-state index in [4.69, 9.17) is 0 Å². The first kappa shape index (κ1) is 23.0. The van der Waals surface area contributed by atoms with Crippen LogP contribution in [0.3, 0.4) is 0 Å². The number of amides is 2. The van der Waals surface area contributed by atoms with Crippen molar-refractivity contribution in [2.24, 2.45) is 7.05 Å². The van der Waals surface area contributed by atoms with Crippen LogP contribution in [-0.4, -0.2) is 38.3 Å². The molecule has 0 spiro atoms. The van der Waals surface area contributed by atoms with Crippen LogP contribution in [-0.2, 0) is 11.8 Å². The lowest BCUT2D eigenvalue weighted by atomic mass is 10.1. The van der Waals surface area contributed by atoms with Crippen LogP contribution in [0.25, 0.3) is 0 Å². The monoisotopic (exact) mass is 452 g/mol. The molecule has 166 valence electrons. The Morgan fingerprint density at radius 1 is 1.09 bits per heavy atom. The van der Waals surface area contributed by atoms with Gasteiger partial charge in [-0.3, -0.25) is 9.59 Å². The second-order valence-electron chi connectivity index (χ2n) is 7.17. The number of carbonyl (C=O) groups is 3. The largest absolute Gasteiger partial charge is 0.545 e. The summed E-state index contributed by atoms with van der Waals surface area (Å²) >= 11 is 1.18. The van der Waals surface area contributed by atoms with Gasteiger partial charge in [-0.05, 0) is 43.7 Å². The quantitative estimate of drug-likeness (QED) is 0.498. The summed E-state index contributed by atoms with van der Waals surface area (Å²) in [5.41, 5.74) is 1.97. The van der Waals surface area contributed by atoms with Crippen molar-refractivity contribution in [2.75, 3.05) is 11.1 Å². The van der Waals surface area contributed by atoms with Gasteiger partial charge in [0.05, 0.1) is 17.8 Å². The molecule has 2 N–H and O–H groups in total. The number of aromatic nitrogens is 3. The average molecular weight is 453 g/mol. The maximum Gasteiger partial charge on any atom is 0.251 e. The minimum Gasteiger partial charge on any atom is -0.545 e. The summed E-state index contributed by atoms with van der Waals surface area (Å²) < 4.78 is 1.72. The molecule has 1 aromatic heterocycles. The SMILES string of the molecule is Cc1ccc(C(=O)N[C@@H](C)c2nnc(SCC(=O)Nc3cccc(C(=O)[O-])c3)n2C)cc1. The van der Waals surface area contributed by atoms with Gasteiger partial charge in [0.1, 0.15) is 0 Å². The van der Waals surface area contributed by atoms with E-state index in [9.17, 15) is 19.5 Å². The second-order valence-corrected chi connectivity index (χ2v) is 8.11. The maximum absolute atomic E-state index is 12.4. The predicted octanol–water partition coefficient (Wildman–Crippen LogP) is 1.71. The topological polar surface area (TPSA) is 129 Å². The van der Waals surface area contributed by atoms with E-state index in [1.807, 2.05) is 26.0 Å². The van der Waals surface area contributed by atoms with E-state index in [1.54, 1.807) is 29.8 Å². The summed E-state index contributed by atoms with van der Waals surface area (Å²) in [6.07, 6.45) is 0. The maximum atomic E-state index is 12.4. The van der Waals surface area contributed by atoms with Crippen LogP contribution in [0.5, 0.6) is 0 Å². The zero-order valence-corrected chi connectivity index (χ0v) is 18.6. The molecular weight excluding hydrogens is 430 g/mol. The molecule has 3 rings (SSSR count). The molecule has 1 atom stereocenters. The lowest BCUT2D eigenvalue weighted by molar-refractivity contribution is -0.255. The zero-order valence-electron chi connectivity index (χ0n) is 17.8. The van der Waals surface area contributed by atoms with E-state index in [2.05, 4.69) is 20.8 Å². The molecule has 0 unspecified atom stereocenters. The van der Waals surface area contributed by atoms with Gasteiger partial charge < -0.3 is 25.1 Å². The molecule has 10 heteroatoms. The highest BCUT2D eigenvalue weighted by Gasteiger charge is 2.19. The van der Waals surface area contributed by atoms with Crippen LogP contribution in [0, 0.1) is 6.92 Å². The third kappa shape index (κ3) is 5.73.